The van der Waals surface area contributed by atoms with Gasteiger partial charge in [-0.25, -0.2) is 13.1 Å². The van der Waals surface area contributed by atoms with Crippen LogP contribution in [0.3, 0.4) is 0 Å². The van der Waals surface area contributed by atoms with Crippen LogP contribution in [-0.4, -0.2) is 28.0 Å². The number of sulfonamides is 1. The van der Waals surface area contributed by atoms with Crippen molar-refractivity contribution in [2.75, 3.05) is 19.0 Å². The van der Waals surface area contributed by atoms with Crippen molar-refractivity contribution in [3.63, 3.8) is 0 Å². The maximum atomic E-state index is 12.4. The molecule has 0 atom stereocenters. The molecule has 0 saturated heterocycles. The first-order chi connectivity index (χ1) is 11.7. The number of amides is 1. The van der Waals surface area contributed by atoms with Gasteiger partial charge in [0.15, 0.2) is 0 Å². The Morgan fingerprint density at radius 1 is 1.16 bits per heavy atom. The maximum absolute atomic E-state index is 12.4. The van der Waals surface area contributed by atoms with E-state index in [-0.39, 0.29) is 11.4 Å². The van der Waals surface area contributed by atoms with Gasteiger partial charge in [0.2, 0.25) is 15.9 Å². The molecule has 0 aliphatic carbocycles. The molecule has 0 heterocycles. The van der Waals surface area contributed by atoms with Crippen molar-refractivity contribution in [1.29, 1.82) is 0 Å². The zero-order valence-corrected chi connectivity index (χ0v) is 15.7. The van der Waals surface area contributed by atoms with Gasteiger partial charge in [-0.05, 0) is 49.2 Å². The summed E-state index contributed by atoms with van der Waals surface area (Å²) in [6, 6.07) is 9.87. The van der Waals surface area contributed by atoms with Gasteiger partial charge in [-0.15, -0.1) is 0 Å². The number of anilines is 1. The molecule has 8 heteroatoms. The fourth-order valence-electron chi connectivity index (χ4n) is 2.18. The minimum Gasteiger partial charge on any atom is -0.495 e. The van der Waals surface area contributed by atoms with E-state index >= 15 is 0 Å². The second-order valence-electron chi connectivity index (χ2n) is 5.49. The van der Waals surface area contributed by atoms with Crippen LogP contribution in [0.5, 0.6) is 5.75 Å². The molecule has 1 amide bonds. The molecule has 2 N–H and O–H groups in total. The maximum Gasteiger partial charge on any atom is 0.241 e. The third-order valence-electron chi connectivity index (χ3n) is 3.49. The van der Waals surface area contributed by atoms with Gasteiger partial charge in [0.1, 0.15) is 5.75 Å². The van der Waals surface area contributed by atoms with Gasteiger partial charge in [-0.1, -0.05) is 23.7 Å². The summed E-state index contributed by atoms with van der Waals surface area (Å²) in [6.07, 6.45) is 0. The van der Waals surface area contributed by atoms with Gasteiger partial charge >= 0.3 is 0 Å². The zero-order valence-electron chi connectivity index (χ0n) is 14.1. The molecule has 0 fully saturated rings. The highest BCUT2D eigenvalue weighted by Crippen LogP contribution is 2.27. The molecule has 0 aliphatic heterocycles. The van der Waals surface area contributed by atoms with Crippen molar-refractivity contribution < 1.29 is 17.9 Å². The zero-order chi connectivity index (χ0) is 18.6. The normalized spacial score (nSPS) is 11.2. The van der Waals surface area contributed by atoms with Gasteiger partial charge < -0.3 is 10.1 Å². The van der Waals surface area contributed by atoms with E-state index in [2.05, 4.69) is 10.0 Å². The Morgan fingerprint density at radius 2 is 1.88 bits per heavy atom. The number of carbonyl (C=O) groups excluding carboxylic acids is 1. The van der Waals surface area contributed by atoms with Gasteiger partial charge in [-0.2, -0.15) is 0 Å². The highest BCUT2D eigenvalue weighted by molar-refractivity contribution is 7.89. The largest absolute Gasteiger partial charge is 0.495 e. The van der Waals surface area contributed by atoms with E-state index in [1.165, 1.54) is 13.2 Å². The molecule has 0 bridgehead atoms. The van der Waals surface area contributed by atoms with E-state index in [1.807, 2.05) is 6.07 Å². The monoisotopic (exact) mass is 382 g/mol. The summed E-state index contributed by atoms with van der Waals surface area (Å²) in [4.78, 5) is 12.2. The predicted octanol–water partition coefficient (Wildman–Crippen LogP) is 2.88. The summed E-state index contributed by atoms with van der Waals surface area (Å²) in [5, 5.41) is 2.92. The van der Waals surface area contributed by atoms with E-state index in [0.717, 1.165) is 5.56 Å². The molecule has 2 rings (SSSR count). The van der Waals surface area contributed by atoms with Crippen LogP contribution in [0.1, 0.15) is 11.1 Å². The van der Waals surface area contributed by atoms with Crippen molar-refractivity contribution in [2.45, 2.75) is 18.7 Å². The molecule has 0 saturated carbocycles. The smallest absolute Gasteiger partial charge is 0.241 e. The van der Waals surface area contributed by atoms with E-state index in [4.69, 9.17) is 16.3 Å². The highest BCUT2D eigenvalue weighted by atomic mass is 35.5. The number of ether oxygens (including phenoxy) is 1. The fourth-order valence-corrected chi connectivity index (χ4v) is 3.75. The molecule has 0 aliphatic rings. The number of aryl methyl sites for hydroxylation is 2. The summed E-state index contributed by atoms with van der Waals surface area (Å²) in [5.41, 5.74) is 1.88. The first-order valence-corrected chi connectivity index (χ1v) is 9.29. The lowest BCUT2D eigenvalue weighted by Gasteiger charge is -2.11. The second kappa shape index (κ2) is 7.86. The molecule has 134 valence electrons. The summed E-state index contributed by atoms with van der Waals surface area (Å²) in [5.74, 6) is -0.0228. The lowest BCUT2D eigenvalue weighted by Crippen LogP contribution is -2.33. The van der Waals surface area contributed by atoms with Crippen molar-refractivity contribution in [3.8, 4) is 5.75 Å². The average Bonchev–Trinajstić information content (AvgIpc) is 2.55. The van der Waals surface area contributed by atoms with E-state index < -0.39 is 15.9 Å². The Bertz CT molecular complexity index is 898. The topological polar surface area (TPSA) is 84.5 Å². The van der Waals surface area contributed by atoms with Gasteiger partial charge in [-0.3, -0.25) is 4.79 Å². The third kappa shape index (κ3) is 4.94. The molecule has 0 unspecified atom stereocenters. The highest BCUT2D eigenvalue weighted by Gasteiger charge is 2.18. The second-order valence-corrected chi connectivity index (χ2v) is 7.63. The van der Waals surface area contributed by atoms with Crippen LogP contribution in [0, 0.1) is 13.8 Å². The molecule has 0 aromatic heterocycles. The molecule has 25 heavy (non-hydrogen) atoms. The quantitative estimate of drug-likeness (QED) is 0.804. The number of rotatable bonds is 6. The molecule has 2 aromatic carbocycles. The summed E-state index contributed by atoms with van der Waals surface area (Å²) < 4.78 is 32.1. The first-order valence-electron chi connectivity index (χ1n) is 7.43. The van der Waals surface area contributed by atoms with Crippen molar-refractivity contribution in [1.82, 2.24) is 4.72 Å². The van der Waals surface area contributed by atoms with Gasteiger partial charge in [0, 0.05) is 5.69 Å². The summed E-state index contributed by atoms with van der Waals surface area (Å²) in [6.45, 7) is 3.12. The van der Waals surface area contributed by atoms with Crippen LogP contribution in [0.25, 0.3) is 0 Å². The third-order valence-corrected chi connectivity index (χ3v) is 5.33. The lowest BCUT2D eigenvalue weighted by molar-refractivity contribution is -0.115. The molecule has 2 aromatic rings. The Balaban J connectivity index is 2.04. The predicted molar refractivity (Wildman–Crippen MR) is 97.7 cm³/mol. The van der Waals surface area contributed by atoms with Crippen LogP contribution in [0.15, 0.2) is 41.3 Å². The number of nitrogens with one attached hydrogen (secondary N) is 2. The van der Waals surface area contributed by atoms with Crippen LogP contribution in [-0.2, 0) is 14.8 Å². The fraction of sp³-hybridized carbons (Fsp3) is 0.235. The van der Waals surface area contributed by atoms with E-state index in [1.54, 1.807) is 38.1 Å². The van der Waals surface area contributed by atoms with E-state index in [0.29, 0.717) is 22.0 Å². The Labute approximate surface area is 152 Å². The Morgan fingerprint density at radius 3 is 2.52 bits per heavy atom. The first kappa shape index (κ1) is 19.2. The minimum atomic E-state index is -3.78. The van der Waals surface area contributed by atoms with E-state index in [9.17, 15) is 13.2 Å². The molecular formula is C17H19ClN2O4S. The molecule has 0 radical (unpaired) electrons. The Kier molecular flexibility index (Phi) is 6.05. The van der Waals surface area contributed by atoms with Crippen LogP contribution in [0.4, 0.5) is 5.69 Å². The standard InChI is InChI=1S/C17H19ClN2O4S/c1-11-4-5-12(2)16(8-11)25(22,23)19-10-17(21)20-13-6-7-15(24-3)14(18)9-13/h4-9,19H,10H2,1-3H3,(H,20,21). The molecular weight excluding hydrogens is 364 g/mol. The molecule has 0 spiro atoms. The van der Waals surface area contributed by atoms with Gasteiger partial charge in [0.25, 0.3) is 0 Å². The summed E-state index contributed by atoms with van der Waals surface area (Å²) >= 11 is 5.99. The van der Waals surface area contributed by atoms with Crippen LogP contribution in [0.2, 0.25) is 5.02 Å². The summed E-state index contributed by atoms with van der Waals surface area (Å²) in [7, 11) is -2.29. The van der Waals surface area contributed by atoms with Crippen molar-refractivity contribution in [2.24, 2.45) is 0 Å². The lowest BCUT2D eigenvalue weighted by atomic mass is 10.2. The van der Waals surface area contributed by atoms with Crippen molar-refractivity contribution >= 4 is 33.2 Å². The number of hydrogen-bond acceptors (Lipinski definition) is 4. The van der Waals surface area contributed by atoms with Gasteiger partial charge in [0.05, 0.1) is 23.6 Å². The Hall–Kier alpha value is -2.09. The molecule has 6 nitrogen and oxygen atoms in total. The number of halogens is 1. The number of hydrogen-bond donors (Lipinski definition) is 2. The number of carbonyl (C=O) groups is 1. The number of benzene rings is 2. The average molecular weight is 383 g/mol. The SMILES string of the molecule is COc1ccc(NC(=O)CNS(=O)(=O)c2cc(C)ccc2C)cc1Cl. The van der Waals surface area contributed by atoms with Crippen LogP contribution < -0.4 is 14.8 Å². The van der Waals surface area contributed by atoms with Crippen LogP contribution >= 0.6 is 11.6 Å². The minimum absolute atomic E-state index is 0.160. The van der Waals surface area contributed by atoms with Crippen molar-refractivity contribution in [3.05, 3.63) is 52.5 Å². The number of methoxy groups -OCH3 is 1.